The van der Waals surface area contributed by atoms with Crippen LogP contribution < -0.4 is 10.6 Å². The lowest BCUT2D eigenvalue weighted by atomic mass is 10.1. The second-order valence-electron chi connectivity index (χ2n) is 4.68. The summed E-state index contributed by atoms with van der Waals surface area (Å²) in [6, 6.07) is 8.79. The van der Waals surface area contributed by atoms with Gasteiger partial charge >= 0.3 is 0 Å². The van der Waals surface area contributed by atoms with Crippen LogP contribution in [0.2, 0.25) is 0 Å². The molecule has 21 heavy (non-hydrogen) atoms. The molecule has 1 heterocycles. The zero-order valence-electron chi connectivity index (χ0n) is 11.9. The van der Waals surface area contributed by atoms with E-state index in [-0.39, 0.29) is 11.5 Å². The minimum absolute atomic E-state index is 0.0290. The summed E-state index contributed by atoms with van der Waals surface area (Å²) in [5, 5.41) is 0. The summed E-state index contributed by atoms with van der Waals surface area (Å²) in [7, 11) is 0. The van der Waals surface area contributed by atoms with Crippen LogP contribution in [0.1, 0.15) is 29.3 Å². The Morgan fingerprint density at radius 3 is 2.57 bits per heavy atom. The first kappa shape index (κ1) is 15.1. The Morgan fingerprint density at radius 1 is 1.29 bits per heavy atom. The van der Waals surface area contributed by atoms with Gasteiger partial charge in [-0.05, 0) is 30.2 Å². The lowest BCUT2D eigenvalue weighted by Gasteiger charge is -2.22. The van der Waals surface area contributed by atoms with Crippen LogP contribution in [-0.2, 0) is 6.54 Å². The van der Waals surface area contributed by atoms with Crippen molar-refractivity contribution in [3.8, 4) is 0 Å². The Kier molecular flexibility index (Phi) is 5.00. The molecule has 4 nitrogen and oxygen atoms in total. The Labute approximate surface area is 123 Å². The third-order valence-electron chi connectivity index (χ3n) is 3.18. The first-order chi connectivity index (χ1) is 10.2. The first-order valence-corrected chi connectivity index (χ1v) is 6.87. The van der Waals surface area contributed by atoms with Gasteiger partial charge in [0.05, 0.1) is 11.8 Å². The van der Waals surface area contributed by atoms with E-state index >= 15 is 0 Å². The van der Waals surface area contributed by atoms with Gasteiger partial charge in [-0.2, -0.15) is 0 Å². The van der Waals surface area contributed by atoms with Crippen LogP contribution in [0.4, 0.5) is 10.1 Å². The molecule has 0 saturated heterocycles. The number of hydrogen-bond acceptors (Lipinski definition) is 3. The molecule has 0 aliphatic rings. The second-order valence-corrected chi connectivity index (χ2v) is 4.68. The van der Waals surface area contributed by atoms with Crippen LogP contribution >= 0.6 is 0 Å². The third-order valence-corrected chi connectivity index (χ3v) is 3.18. The van der Waals surface area contributed by atoms with E-state index in [1.54, 1.807) is 4.90 Å². The van der Waals surface area contributed by atoms with E-state index in [1.165, 1.54) is 12.3 Å². The smallest absolute Gasteiger partial charge is 0.261 e. The third kappa shape index (κ3) is 3.44. The molecule has 0 bridgehead atoms. The van der Waals surface area contributed by atoms with Gasteiger partial charge in [0.25, 0.3) is 5.91 Å². The molecule has 0 aliphatic carbocycles. The average molecular weight is 287 g/mol. The molecule has 0 aliphatic heterocycles. The number of rotatable bonds is 5. The van der Waals surface area contributed by atoms with Gasteiger partial charge in [-0.3, -0.25) is 9.78 Å². The van der Waals surface area contributed by atoms with Crippen LogP contribution in [0.3, 0.4) is 0 Å². The summed E-state index contributed by atoms with van der Waals surface area (Å²) in [6.07, 6.45) is 3.24. The number of nitrogens with two attached hydrogens (primary N) is 1. The summed E-state index contributed by atoms with van der Waals surface area (Å²) >= 11 is 0. The highest BCUT2D eigenvalue weighted by molar-refractivity contribution is 6.06. The molecule has 110 valence electrons. The second kappa shape index (κ2) is 6.95. The number of amides is 1. The number of aromatic nitrogens is 1. The summed E-state index contributed by atoms with van der Waals surface area (Å²) in [5.74, 6) is -0.973. The van der Waals surface area contributed by atoms with Crippen LogP contribution in [0, 0.1) is 5.82 Å². The van der Waals surface area contributed by atoms with E-state index in [9.17, 15) is 9.18 Å². The van der Waals surface area contributed by atoms with Crippen molar-refractivity contribution in [1.29, 1.82) is 0 Å². The molecule has 0 unspecified atom stereocenters. The summed E-state index contributed by atoms with van der Waals surface area (Å²) < 4.78 is 13.7. The highest BCUT2D eigenvalue weighted by Gasteiger charge is 2.20. The summed E-state index contributed by atoms with van der Waals surface area (Å²) in [4.78, 5) is 17.8. The van der Waals surface area contributed by atoms with Crippen LogP contribution in [0.25, 0.3) is 0 Å². The molecule has 1 amide bonds. The molecule has 0 radical (unpaired) electrons. The van der Waals surface area contributed by atoms with Crippen molar-refractivity contribution in [3.63, 3.8) is 0 Å². The van der Waals surface area contributed by atoms with Crippen LogP contribution in [-0.4, -0.2) is 17.4 Å². The van der Waals surface area contributed by atoms with E-state index in [4.69, 9.17) is 5.73 Å². The highest BCUT2D eigenvalue weighted by Crippen LogP contribution is 2.19. The average Bonchev–Trinajstić information content (AvgIpc) is 2.52. The highest BCUT2D eigenvalue weighted by atomic mass is 19.1. The van der Waals surface area contributed by atoms with Gasteiger partial charge in [0.15, 0.2) is 5.82 Å². The minimum Gasteiger partial charge on any atom is -0.326 e. The fourth-order valence-electron chi connectivity index (χ4n) is 2.08. The van der Waals surface area contributed by atoms with Gasteiger partial charge in [0, 0.05) is 25.0 Å². The number of pyridine rings is 1. The summed E-state index contributed by atoms with van der Waals surface area (Å²) in [6.45, 7) is 2.93. The van der Waals surface area contributed by atoms with Crippen molar-refractivity contribution in [2.75, 3.05) is 11.4 Å². The van der Waals surface area contributed by atoms with E-state index in [0.29, 0.717) is 13.1 Å². The molecule has 0 fully saturated rings. The molecule has 1 aromatic carbocycles. The van der Waals surface area contributed by atoms with Gasteiger partial charge in [-0.25, -0.2) is 4.39 Å². The molecular weight excluding hydrogens is 269 g/mol. The first-order valence-electron chi connectivity index (χ1n) is 6.87. The topological polar surface area (TPSA) is 59.2 Å². The SMILES string of the molecule is CCCN(C(=O)c1ccncc1F)c1ccc(CN)cc1. The Bertz CT molecular complexity index is 613. The molecule has 5 heteroatoms. The Hall–Kier alpha value is -2.27. The zero-order chi connectivity index (χ0) is 15.2. The van der Waals surface area contributed by atoms with Crippen LogP contribution in [0.15, 0.2) is 42.7 Å². The van der Waals surface area contributed by atoms with E-state index < -0.39 is 5.82 Å². The number of carbonyl (C=O) groups excluding carboxylic acids is 1. The van der Waals surface area contributed by atoms with Gasteiger partial charge in [-0.1, -0.05) is 19.1 Å². The molecule has 0 saturated carbocycles. The lowest BCUT2D eigenvalue weighted by molar-refractivity contribution is 0.0983. The maximum atomic E-state index is 13.7. The molecule has 2 aromatic rings. The van der Waals surface area contributed by atoms with E-state index in [0.717, 1.165) is 23.9 Å². The number of nitrogens with zero attached hydrogens (tertiary/aromatic N) is 2. The molecule has 1 aromatic heterocycles. The Balaban J connectivity index is 2.33. The Morgan fingerprint density at radius 2 is 2.00 bits per heavy atom. The van der Waals surface area contributed by atoms with Gasteiger partial charge in [0.1, 0.15) is 0 Å². The van der Waals surface area contributed by atoms with E-state index in [1.807, 2.05) is 31.2 Å². The van der Waals surface area contributed by atoms with Crippen molar-refractivity contribution < 1.29 is 9.18 Å². The van der Waals surface area contributed by atoms with Crippen LogP contribution in [0.5, 0.6) is 0 Å². The predicted octanol–water partition coefficient (Wildman–Crippen LogP) is 2.74. The minimum atomic E-state index is -0.609. The van der Waals surface area contributed by atoms with Gasteiger partial charge < -0.3 is 10.6 Å². The largest absolute Gasteiger partial charge is 0.326 e. The standard InChI is InChI=1S/C16H18FN3O/c1-2-9-20(13-5-3-12(10-18)4-6-13)16(21)14-7-8-19-11-15(14)17/h3-8,11H,2,9-10,18H2,1H3. The normalized spacial score (nSPS) is 10.4. The lowest BCUT2D eigenvalue weighted by Crippen LogP contribution is -2.32. The fraction of sp³-hybridized carbons (Fsp3) is 0.250. The maximum Gasteiger partial charge on any atom is 0.261 e. The fourth-order valence-corrected chi connectivity index (χ4v) is 2.08. The zero-order valence-corrected chi connectivity index (χ0v) is 11.9. The van der Waals surface area contributed by atoms with Crippen molar-refractivity contribution in [1.82, 2.24) is 4.98 Å². The number of hydrogen-bond donors (Lipinski definition) is 1. The van der Waals surface area contributed by atoms with Crippen molar-refractivity contribution >= 4 is 11.6 Å². The summed E-state index contributed by atoms with van der Waals surface area (Å²) in [5.41, 5.74) is 7.31. The van der Waals surface area contributed by atoms with Crippen molar-refractivity contribution in [2.24, 2.45) is 5.73 Å². The monoisotopic (exact) mass is 287 g/mol. The quantitative estimate of drug-likeness (QED) is 0.920. The number of benzene rings is 1. The van der Waals surface area contributed by atoms with Gasteiger partial charge in [-0.15, -0.1) is 0 Å². The van der Waals surface area contributed by atoms with E-state index in [2.05, 4.69) is 4.98 Å². The molecule has 2 rings (SSSR count). The maximum absolute atomic E-state index is 13.7. The molecule has 0 spiro atoms. The molecule has 0 atom stereocenters. The molecular formula is C16H18FN3O. The van der Waals surface area contributed by atoms with Gasteiger partial charge in [0.2, 0.25) is 0 Å². The van der Waals surface area contributed by atoms with Crippen molar-refractivity contribution in [3.05, 3.63) is 59.7 Å². The molecule has 2 N–H and O–H groups in total. The number of anilines is 1. The number of carbonyl (C=O) groups is 1. The predicted molar refractivity (Wildman–Crippen MR) is 80.5 cm³/mol. The van der Waals surface area contributed by atoms with Crippen molar-refractivity contribution in [2.45, 2.75) is 19.9 Å². The number of halogens is 1.